The van der Waals surface area contributed by atoms with Crippen LogP contribution in [-0.4, -0.2) is 51.8 Å². The number of nitrogens with zero attached hydrogens (tertiary/aromatic N) is 5. The van der Waals surface area contributed by atoms with E-state index in [4.69, 9.17) is 0 Å². The summed E-state index contributed by atoms with van der Waals surface area (Å²) in [6.45, 7) is 6.49. The highest BCUT2D eigenvalue weighted by molar-refractivity contribution is 5.90. The molecule has 0 radical (unpaired) electrons. The smallest absolute Gasteiger partial charge is 0.288 e. The summed E-state index contributed by atoms with van der Waals surface area (Å²) in [5.74, 6) is 0.831. The van der Waals surface area contributed by atoms with Crippen molar-refractivity contribution in [1.82, 2.24) is 30.4 Å². The summed E-state index contributed by atoms with van der Waals surface area (Å²) in [5, 5.41) is 10.4. The Labute approximate surface area is 147 Å². The number of aromatic nitrogens is 4. The highest BCUT2D eigenvalue weighted by Crippen LogP contribution is 2.24. The minimum atomic E-state index is -0.255. The maximum absolute atomic E-state index is 11.9. The minimum Gasteiger partial charge on any atom is -0.355 e. The van der Waals surface area contributed by atoms with E-state index in [9.17, 15) is 4.79 Å². The van der Waals surface area contributed by atoms with Crippen LogP contribution in [0.5, 0.6) is 0 Å². The second-order valence-electron chi connectivity index (χ2n) is 6.42. The second kappa shape index (κ2) is 7.18. The van der Waals surface area contributed by atoms with Crippen molar-refractivity contribution in [1.29, 1.82) is 0 Å². The van der Waals surface area contributed by atoms with Gasteiger partial charge in [-0.1, -0.05) is 0 Å². The van der Waals surface area contributed by atoms with Gasteiger partial charge in [0, 0.05) is 57.2 Å². The van der Waals surface area contributed by atoms with Crippen LogP contribution in [0.4, 0.5) is 5.82 Å². The lowest BCUT2D eigenvalue weighted by Crippen LogP contribution is -2.33. The molecule has 1 saturated heterocycles. The molecule has 1 atom stereocenters. The fourth-order valence-electron chi connectivity index (χ4n) is 3.08. The van der Waals surface area contributed by atoms with E-state index in [1.807, 2.05) is 37.8 Å². The van der Waals surface area contributed by atoms with Crippen molar-refractivity contribution in [3.05, 3.63) is 35.0 Å². The molecule has 0 aromatic carbocycles. The van der Waals surface area contributed by atoms with Gasteiger partial charge in [0.05, 0.1) is 5.69 Å². The van der Waals surface area contributed by atoms with E-state index in [1.165, 1.54) is 0 Å². The third-order valence-electron chi connectivity index (χ3n) is 4.78. The molecule has 1 fully saturated rings. The summed E-state index contributed by atoms with van der Waals surface area (Å²) in [4.78, 5) is 22.9. The first-order valence-corrected chi connectivity index (χ1v) is 8.52. The van der Waals surface area contributed by atoms with Gasteiger partial charge in [0.1, 0.15) is 5.82 Å². The van der Waals surface area contributed by atoms with Crippen LogP contribution in [0.2, 0.25) is 0 Å². The molecule has 0 spiro atoms. The van der Waals surface area contributed by atoms with Crippen LogP contribution < -0.4 is 15.5 Å². The maximum atomic E-state index is 11.9. The molecule has 8 nitrogen and oxygen atoms in total. The van der Waals surface area contributed by atoms with Gasteiger partial charge in [0.25, 0.3) is 5.91 Å². The first-order chi connectivity index (χ1) is 12.0. The van der Waals surface area contributed by atoms with E-state index < -0.39 is 0 Å². The number of aryl methyl sites for hydroxylation is 2. The van der Waals surface area contributed by atoms with Crippen LogP contribution in [0, 0.1) is 13.8 Å². The van der Waals surface area contributed by atoms with Crippen LogP contribution in [0.3, 0.4) is 0 Å². The van der Waals surface area contributed by atoms with Crippen LogP contribution in [0.25, 0.3) is 0 Å². The molecule has 0 aliphatic carbocycles. The number of hydrogen-bond donors (Lipinski definition) is 2. The van der Waals surface area contributed by atoms with Gasteiger partial charge in [-0.05, 0) is 26.3 Å². The van der Waals surface area contributed by atoms with Crippen molar-refractivity contribution in [3.63, 3.8) is 0 Å². The number of amides is 1. The lowest BCUT2D eigenvalue weighted by atomic mass is 10.2. The molecule has 3 heterocycles. The van der Waals surface area contributed by atoms with Crippen molar-refractivity contribution >= 4 is 11.7 Å². The fraction of sp³-hybridized carbons (Fsp3) is 0.529. The van der Waals surface area contributed by atoms with E-state index in [2.05, 4.69) is 30.6 Å². The third-order valence-corrected chi connectivity index (χ3v) is 4.78. The third kappa shape index (κ3) is 3.63. The molecule has 2 aromatic heterocycles. The highest BCUT2D eigenvalue weighted by Gasteiger charge is 2.26. The van der Waals surface area contributed by atoms with Gasteiger partial charge in [0.15, 0.2) is 0 Å². The summed E-state index contributed by atoms with van der Waals surface area (Å²) in [5.41, 5.74) is 3.03. The van der Waals surface area contributed by atoms with Gasteiger partial charge in [-0.2, -0.15) is 5.10 Å². The van der Waals surface area contributed by atoms with Crippen molar-refractivity contribution in [2.75, 3.05) is 25.0 Å². The lowest BCUT2D eigenvalue weighted by molar-refractivity contribution is 0.0952. The average Bonchev–Trinajstić information content (AvgIpc) is 3.23. The Morgan fingerprint density at radius 1 is 1.36 bits per heavy atom. The first kappa shape index (κ1) is 17.3. The van der Waals surface area contributed by atoms with E-state index in [0.717, 1.165) is 48.8 Å². The summed E-state index contributed by atoms with van der Waals surface area (Å²) in [6, 6.07) is 2.40. The zero-order chi connectivity index (χ0) is 18.0. The van der Waals surface area contributed by atoms with Crippen LogP contribution in [0.15, 0.2) is 12.3 Å². The predicted molar refractivity (Wildman–Crippen MR) is 95.6 cm³/mol. The maximum Gasteiger partial charge on any atom is 0.288 e. The van der Waals surface area contributed by atoms with Gasteiger partial charge in [-0.3, -0.25) is 9.48 Å². The summed E-state index contributed by atoms with van der Waals surface area (Å²) in [6.07, 6.45) is 2.85. The molecular weight excluding hydrogens is 318 g/mol. The molecule has 0 saturated carbocycles. The number of carbonyl (C=O) groups is 1. The molecule has 134 valence electrons. The quantitative estimate of drug-likeness (QED) is 0.825. The molecule has 1 aliphatic rings. The highest BCUT2D eigenvalue weighted by atomic mass is 16.2. The van der Waals surface area contributed by atoms with Gasteiger partial charge in [-0.25, -0.2) is 9.97 Å². The number of anilines is 1. The monoisotopic (exact) mass is 343 g/mol. The van der Waals surface area contributed by atoms with E-state index >= 15 is 0 Å². The molecule has 1 amide bonds. The molecule has 0 unspecified atom stereocenters. The standard InChI is InChI=1S/C17H25N7O/c1-11-12(2)21-15(17(25)18-3)22-16(11)24-8-6-13(10-24)19-9-14-5-7-20-23(14)4/h5,7,13,19H,6,8-10H2,1-4H3,(H,18,25)/t13-/m1/s1. The minimum absolute atomic E-state index is 0.229. The molecule has 3 rings (SSSR count). The van der Waals surface area contributed by atoms with E-state index in [-0.39, 0.29) is 11.7 Å². The Bertz CT molecular complexity index is 770. The van der Waals surface area contributed by atoms with Gasteiger partial charge in [-0.15, -0.1) is 0 Å². The van der Waals surface area contributed by atoms with Crippen molar-refractivity contribution in [3.8, 4) is 0 Å². The Kier molecular flexibility index (Phi) is 4.98. The van der Waals surface area contributed by atoms with E-state index in [0.29, 0.717) is 6.04 Å². The van der Waals surface area contributed by atoms with Crippen LogP contribution in [0.1, 0.15) is 34.0 Å². The van der Waals surface area contributed by atoms with Crippen molar-refractivity contribution < 1.29 is 4.79 Å². The Morgan fingerprint density at radius 3 is 2.84 bits per heavy atom. The summed E-state index contributed by atoms with van der Waals surface area (Å²) >= 11 is 0. The van der Waals surface area contributed by atoms with E-state index in [1.54, 1.807) is 7.05 Å². The molecule has 2 N–H and O–H groups in total. The molecule has 1 aliphatic heterocycles. The largest absolute Gasteiger partial charge is 0.355 e. The summed E-state index contributed by atoms with van der Waals surface area (Å²) in [7, 11) is 3.54. The topological polar surface area (TPSA) is 88.0 Å². The number of hydrogen-bond acceptors (Lipinski definition) is 6. The van der Waals surface area contributed by atoms with Crippen LogP contribution >= 0.6 is 0 Å². The second-order valence-corrected chi connectivity index (χ2v) is 6.42. The van der Waals surface area contributed by atoms with Gasteiger partial charge >= 0.3 is 0 Å². The predicted octanol–water partition coefficient (Wildman–Crippen LogP) is 0.555. The molecule has 2 aromatic rings. The molecule has 0 bridgehead atoms. The zero-order valence-corrected chi connectivity index (χ0v) is 15.2. The Hall–Kier alpha value is -2.48. The first-order valence-electron chi connectivity index (χ1n) is 8.52. The average molecular weight is 343 g/mol. The van der Waals surface area contributed by atoms with Gasteiger partial charge in [0.2, 0.25) is 5.82 Å². The number of nitrogens with one attached hydrogen (secondary N) is 2. The fourth-order valence-corrected chi connectivity index (χ4v) is 3.08. The lowest BCUT2D eigenvalue weighted by Gasteiger charge is -2.21. The Morgan fingerprint density at radius 2 is 2.16 bits per heavy atom. The SMILES string of the molecule is CNC(=O)c1nc(C)c(C)c(N2CC[C@@H](NCc3ccnn3C)C2)n1. The molecular formula is C17H25N7O. The Balaban J connectivity index is 1.70. The summed E-state index contributed by atoms with van der Waals surface area (Å²) < 4.78 is 1.88. The zero-order valence-electron chi connectivity index (χ0n) is 15.2. The van der Waals surface area contributed by atoms with Crippen molar-refractivity contribution in [2.45, 2.75) is 32.9 Å². The number of carbonyl (C=O) groups excluding carboxylic acids is 1. The number of rotatable bonds is 5. The molecule has 8 heteroatoms. The molecule has 25 heavy (non-hydrogen) atoms. The van der Waals surface area contributed by atoms with Crippen molar-refractivity contribution in [2.24, 2.45) is 7.05 Å². The van der Waals surface area contributed by atoms with Gasteiger partial charge < -0.3 is 15.5 Å². The normalized spacial score (nSPS) is 17.1. The van der Waals surface area contributed by atoms with Crippen LogP contribution in [-0.2, 0) is 13.6 Å².